The van der Waals surface area contributed by atoms with Gasteiger partial charge < -0.3 is 9.64 Å². The molecule has 1 amide bonds. The van der Waals surface area contributed by atoms with E-state index in [-0.39, 0.29) is 17.5 Å². The highest BCUT2D eigenvalue weighted by Gasteiger charge is 2.22. The quantitative estimate of drug-likeness (QED) is 0.826. The number of hydrogen-bond donors (Lipinski definition) is 0. The molecule has 1 aliphatic rings. The van der Waals surface area contributed by atoms with Crippen molar-refractivity contribution in [2.24, 2.45) is 5.92 Å². The van der Waals surface area contributed by atoms with Crippen LogP contribution in [0.3, 0.4) is 0 Å². The average molecular weight is 251 g/mol. The third-order valence-electron chi connectivity index (χ3n) is 3.28. The van der Waals surface area contributed by atoms with Gasteiger partial charge in [-0.15, -0.1) is 0 Å². The van der Waals surface area contributed by atoms with E-state index in [4.69, 9.17) is 4.74 Å². The van der Waals surface area contributed by atoms with Crippen molar-refractivity contribution in [3.05, 3.63) is 30.1 Å². The maximum absolute atomic E-state index is 13.4. The number of carbonyl (C=O) groups excluding carboxylic acids is 1. The van der Waals surface area contributed by atoms with Gasteiger partial charge in [-0.1, -0.05) is 12.1 Å². The molecule has 1 heterocycles. The number of rotatable bonds is 3. The van der Waals surface area contributed by atoms with Crippen molar-refractivity contribution in [2.45, 2.75) is 19.8 Å². The van der Waals surface area contributed by atoms with E-state index in [0.29, 0.717) is 19.1 Å². The largest absolute Gasteiger partial charge is 0.490 e. The molecule has 0 aromatic heterocycles. The van der Waals surface area contributed by atoms with Gasteiger partial charge in [-0.2, -0.15) is 0 Å². The standard InChI is InChI=1S/C14H18FNO2/c1-11(17)16-8-4-5-12(9-16)10-18-14-7-3-2-6-13(14)15/h2-3,6-7,12H,4-5,8-10H2,1H3. The Morgan fingerprint density at radius 2 is 2.28 bits per heavy atom. The highest BCUT2D eigenvalue weighted by molar-refractivity contribution is 5.73. The molecule has 0 aliphatic carbocycles. The normalized spacial score (nSPS) is 19.7. The summed E-state index contributed by atoms with van der Waals surface area (Å²) >= 11 is 0. The van der Waals surface area contributed by atoms with Crippen LogP contribution in [0.1, 0.15) is 19.8 Å². The van der Waals surface area contributed by atoms with E-state index in [2.05, 4.69) is 0 Å². The van der Waals surface area contributed by atoms with Crippen LogP contribution in [0, 0.1) is 11.7 Å². The van der Waals surface area contributed by atoms with Crippen molar-refractivity contribution in [1.29, 1.82) is 0 Å². The first-order chi connectivity index (χ1) is 8.66. The summed E-state index contributed by atoms with van der Waals surface area (Å²) in [7, 11) is 0. The van der Waals surface area contributed by atoms with Crippen molar-refractivity contribution >= 4 is 5.91 Å². The van der Waals surface area contributed by atoms with E-state index in [9.17, 15) is 9.18 Å². The van der Waals surface area contributed by atoms with Crippen molar-refractivity contribution in [2.75, 3.05) is 19.7 Å². The van der Waals surface area contributed by atoms with Gasteiger partial charge in [0.25, 0.3) is 0 Å². The van der Waals surface area contributed by atoms with Crippen LogP contribution in [0.25, 0.3) is 0 Å². The summed E-state index contributed by atoms with van der Waals surface area (Å²) in [5.74, 6) is 0.349. The molecule has 1 fully saturated rings. The Labute approximate surface area is 107 Å². The topological polar surface area (TPSA) is 29.5 Å². The molecule has 98 valence electrons. The second-order valence-electron chi connectivity index (χ2n) is 4.71. The van der Waals surface area contributed by atoms with Gasteiger partial charge in [0.15, 0.2) is 11.6 Å². The molecule has 18 heavy (non-hydrogen) atoms. The number of carbonyl (C=O) groups is 1. The lowest BCUT2D eigenvalue weighted by atomic mass is 9.99. The number of benzene rings is 1. The van der Waals surface area contributed by atoms with Gasteiger partial charge in [-0.3, -0.25) is 4.79 Å². The van der Waals surface area contributed by atoms with E-state index in [1.807, 2.05) is 4.90 Å². The molecule has 1 unspecified atom stereocenters. The molecule has 0 spiro atoms. The minimum atomic E-state index is -0.336. The predicted molar refractivity (Wildman–Crippen MR) is 66.9 cm³/mol. The van der Waals surface area contributed by atoms with Gasteiger partial charge in [0.1, 0.15) is 0 Å². The third kappa shape index (κ3) is 3.22. The van der Waals surface area contributed by atoms with Crippen LogP contribution in [0.2, 0.25) is 0 Å². The molecule has 1 aliphatic heterocycles. The molecule has 1 atom stereocenters. The maximum Gasteiger partial charge on any atom is 0.219 e. The summed E-state index contributed by atoms with van der Waals surface area (Å²) in [6, 6.07) is 6.40. The summed E-state index contributed by atoms with van der Waals surface area (Å²) in [6.45, 7) is 3.58. The lowest BCUT2D eigenvalue weighted by Gasteiger charge is -2.31. The first kappa shape index (κ1) is 12.9. The van der Waals surface area contributed by atoms with Crippen molar-refractivity contribution < 1.29 is 13.9 Å². The van der Waals surface area contributed by atoms with Crippen LogP contribution in [0.4, 0.5) is 4.39 Å². The lowest BCUT2D eigenvalue weighted by molar-refractivity contribution is -0.130. The Morgan fingerprint density at radius 3 is 3.00 bits per heavy atom. The predicted octanol–water partition coefficient (Wildman–Crippen LogP) is 2.46. The van der Waals surface area contributed by atoms with E-state index in [0.717, 1.165) is 19.4 Å². The van der Waals surface area contributed by atoms with Gasteiger partial charge in [0.2, 0.25) is 5.91 Å². The van der Waals surface area contributed by atoms with Crippen LogP contribution >= 0.6 is 0 Å². The van der Waals surface area contributed by atoms with Crippen LogP contribution in [0.5, 0.6) is 5.75 Å². The van der Waals surface area contributed by atoms with Gasteiger partial charge in [-0.05, 0) is 25.0 Å². The Hall–Kier alpha value is -1.58. The molecule has 0 saturated carbocycles. The fourth-order valence-electron chi connectivity index (χ4n) is 2.26. The van der Waals surface area contributed by atoms with Crippen LogP contribution in [-0.2, 0) is 4.79 Å². The SMILES string of the molecule is CC(=O)N1CCCC(COc2ccccc2F)C1. The molecule has 1 aromatic rings. The van der Waals surface area contributed by atoms with Crippen LogP contribution in [-0.4, -0.2) is 30.5 Å². The first-order valence-electron chi connectivity index (χ1n) is 6.29. The van der Waals surface area contributed by atoms with Crippen LogP contribution in [0.15, 0.2) is 24.3 Å². The van der Waals surface area contributed by atoms with Crippen LogP contribution < -0.4 is 4.74 Å². The average Bonchev–Trinajstić information content (AvgIpc) is 2.38. The lowest BCUT2D eigenvalue weighted by Crippen LogP contribution is -2.40. The molecular formula is C14H18FNO2. The van der Waals surface area contributed by atoms with Gasteiger partial charge in [0.05, 0.1) is 6.61 Å². The summed E-state index contributed by atoms with van der Waals surface area (Å²) < 4.78 is 18.9. The van der Waals surface area contributed by atoms with Gasteiger partial charge in [-0.25, -0.2) is 4.39 Å². The Kier molecular flexibility index (Phi) is 4.18. The molecular weight excluding hydrogens is 233 g/mol. The summed E-state index contributed by atoms with van der Waals surface area (Å²) in [4.78, 5) is 13.1. The van der Waals surface area contributed by atoms with E-state index >= 15 is 0 Å². The molecule has 2 rings (SSSR count). The second kappa shape index (κ2) is 5.85. The summed E-state index contributed by atoms with van der Waals surface area (Å²) in [5.41, 5.74) is 0. The Morgan fingerprint density at radius 1 is 1.50 bits per heavy atom. The zero-order chi connectivity index (χ0) is 13.0. The number of nitrogens with zero attached hydrogens (tertiary/aromatic N) is 1. The van der Waals surface area contributed by atoms with E-state index in [1.165, 1.54) is 6.07 Å². The zero-order valence-electron chi connectivity index (χ0n) is 10.6. The number of likely N-dealkylation sites (tertiary alicyclic amines) is 1. The molecule has 1 aromatic carbocycles. The minimum absolute atomic E-state index is 0.102. The number of amides is 1. The zero-order valence-corrected chi connectivity index (χ0v) is 10.6. The van der Waals surface area contributed by atoms with Crippen molar-refractivity contribution in [1.82, 2.24) is 4.90 Å². The number of ether oxygens (including phenoxy) is 1. The Balaban J connectivity index is 1.87. The molecule has 0 N–H and O–H groups in total. The number of piperidine rings is 1. The molecule has 1 saturated heterocycles. The molecule has 0 bridgehead atoms. The fourth-order valence-corrected chi connectivity index (χ4v) is 2.26. The van der Waals surface area contributed by atoms with E-state index < -0.39 is 0 Å². The summed E-state index contributed by atoms with van der Waals surface area (Å²) in [6.07, 6.45) is 2.02. The fraction of sp³-hybridized carbons (Fsp3) is 0.500. The minimum Gasteiger partial charge on any atom is -0.490 e. The molecule has 3 nitrogen and oxygen atoms in total. The van der Waals surface area contributed by atoms with E-state index in [1.54, 1.807) is 25.1 Å². The highest BCUT2D eigenvalue weighted by atomic mass is 19.1. The Bertz CT molecular complexity index is 422. The number of para-hydroxylation sites is 1. The second-order valence-corrected chi connectivity index (χ2v) is 4.71. The van der Waals surface area contributed by atoms with Crippen molar-refractivity contribution in [3.63, 3.8) is 0 Å². The van der Waals surface area contributed by atoms with Crippen molar-refractivity contribution in [3.8, 4) is 5.75 Å². The number of hydrogen-bond acceptors (Lipinski definition) is 2. The monoisotopic (exact) mass is 251 g/mol. The smallest absolute Gasteiger partial charge is 0.219 e. The van der Waals surface area contributed by atoms with Gasteiger partial charge in [0, 0.05) is 25.9 Å². The third-order valence-corrected chi connectivity index (χ3v) is 3.28. The highest BCUT2D eigenvalue weighted by Crippen LogP contribution is 2.20. The first-order valence-corrected chi connectivity index (χ1v) is 6.29. The summed E-state index contributed by atoms with van der Waals surface area (Å²) in [5, 5.41) is 0. The van der Waals surface area contributed by atoms with Gasteiger partial charge >= 0.3 is 0 Å². The molecule has 4 heteroatoms. The number of halogens is 1. The molecule has 0 radical (unpaired) electrons. The maximum atomic E-state index is 13.4.